The molecular weight excluding hydrogens is 416 g/mol. The van der Waals surface area contributed by atoms with Gasteiger partial charge < -0.3 is 14.5 Å². The Hall–Kier alpha value is -3.87. The third kappa shape index (κ3) is 5.68. The van der Waals surface area contributed by atoms with Crippen LogP contribution in [0.15, 0.2) is 73.1 Å². The molecule has 0 N–H and O–H groups in total. The van der Waals surface area contributed by atoms with Crippen molar-refractivity contribution >= 4 is 23.6 Å². The maximum absolute atomic E-state index is 12.8. The molecule has 0 atom stereocenters. The highest BCUT2D eigenvalue weighted by Crippen LogP contribution is 2.26. The molecule has 2 heterocycles. The van der Waals surface area contributed by atoms with E-state index >= 15 is 0 Å². The van der Waals surface area contributed by atoms with E-state index in [0.29, 0.717) is 44.9 Å². The van der Waals surface area contributed by atoms with Gasteiger partial charge in [-0.3, -0.25) is 9.48 Å². The van der Waals surface area contributed by atoms with Crippen molar-refractivity contribution in [3.05, 3.63) is 89.8 Å². The molecule has 0 saturated carbocycles. The van der Waals surface area contributed by atoms with Crippen molar-refractivity contribution in [3.8, 4) is 0 Å². The number of hydrogen-bond acceptors (Lipinski definition) is 5. The zero-order valence-corrected chi connectivity index (χ0v) is 18.8. The second kappa shape index (κ2) is 10.6. The molecule has 7 heteroatoms. The summed E-state index contributed by atoms with van der Waals surface area (Å²) < 4.78 is 6.91. The molecule has 1 fully saturated rings. The van der Waals surface area contributed by atoms with Gasteiger partial charge in [-0.15, -0.1) is 0 Å². The van der Waals surface area contributed by atoms with Crippen LogP contribution >= 0.6 is 0 Å². The second-order valence-corrected chi connectivity index (χ2v) is 7.83. The van der Waals surface area contributed by atoms with Crippen molar-refractivity contribution in [1.82, 2.24) is 14.7 Å². The minimum atomic E-state index is -0.359. The highest BCUT2D eigenvalue weighted by Gasteiger charge is 2.23. The number of anilines is 1. The van der Waals surface area contributed by atoms with Gasteiger partial charge in [0.25, 0.3) is 5.91 Å². The van der Waals surface area contributed by atoms with Crippen LogP contribution in [-0.2, 0) is 16.1 Å². The molecule has 170 valence electrons. The maximum atomic E-state index is 12.8. The molecule has 1 aliphatic rings. The van der Waals surface area contributed by atoms with Crippen molar-refractivity contribution in [2.45, 2.75) is 13.5 Å². The minimum Gasteiger partial charge on any atom is -0.463 e. The number of benzene rings is 2. The number of amides is 1. The highest BCUT2D eigenvalue weighted by molar-refractivity contribution is 5.94. The van der Waals surface area contributed by atoms with Gasteiger partial charge in [0.2, 0.25) is 0 Å². The Bertz CT molecular complexity index is 1100. The van der Waals surface area contributed by atoms with Crippen LogP contribution in [0.1, 0.15) is 28.4 Å². The number of ether oxygens (including phenoxy) is 1. The summed E-state index contributed by atoms with van der Waals surface area (Å²) in [6, 6.07) is 17.5. The molecule has 0 aliphatic carbocycles. The number of rotatable bonds is 7. The first kappa shape index (κ1) is 22.3. The fourth-order valence-corrected chi connectivity index (χ4v) is 3.95. The summed E-state index contributed by atoms with van der Waals surface area (Å²) in [6.07, 6.45) is 6.96. The number of aromatic nitrogens is 2. The largest absolute Gasteiger partial charge is 0.463 e. The number of hydrogen-bond donors (Lipinski definition) is 0. The summed E-state index contributed by atoms with van der Waals surface area (Å²) in [4.78, 5) is 28.8. The van der Waals surface area contributed by atoms with Gasteiger partial charge in [0.15, 0.2) is 0 Å². The van der Waals surface area contributed by atoms with Crippen LogP contribution in [0.3, 0.4) is 0 Å². The molecule has 7 nitrogen and oxygen atoms in total. The SMILES string of the molecule is CCOC(=O)C=Cc1ccc(Cn2cccn2)cc1N1CCN(C(=O)c2ccccc2)CC1. The van der Waals surface area contributed by atoms with E-state index in [9.17, 15) is 9.59 Å². The monoisotopic (exact) mass is 444 g/mol. The topological polar surface area (TPSA) is 67.7 Å². The van der Waals surface area contributed by atoms with Crippen LogP contribution < -0.4 is 4.90 Å². The summed E-state index contributed by atoms with van der Waals surface area (Å²) in [6.45, 7) is 5.49. The number of nitrogens with zero attached hydrogens (tertiary/aromatic N) is 4. The molecule has 2 aromatic carbocycles. The second-order valence-electron chi connectivity index (χ2n) is 7.83. The summed E-state index contributed by atoms with van der Waals surface area (Å²) in [7, 11) is 0. The lowest BCUT2D eigenvalue weighted by atomic mass is 10.1. The molecule has 4 rings (SSSR count). The van der Waals surface area contributed by atoms with Gasteiger partial charge in [-0.05, 0) is 48.4 Å². The van der Waals surface area contributed by atoms with Crippen molar-refractivity contribution in [2.24, 2.45) is 0 Å². The minimum absolute atomic E-state index is 0.0603. The Labute approximate surface area is 193 Å². The molecule has 1 saturated heterocycles. The lowest BCUT2D eigenvalue weighted by molar-refractivity contribution is -0.137. The Morgan fingerprint density at radius 2 is 1.82 bits per heavy atom. The number of piperazine rings is 1. The zero-order valence-electron chi connectivity index (χ0n) is 18.8. The molecule has 1 aliphatic heterocycles. The van der Waals surface area contributed by atoms with Crippen LogP contribution in [0.2, 0.25) is 0 Å². The average Bonchev–Trinajstić information content (AvgIpc) is 3.37. The number of esters is 1. The van der Waals surface area contributed by atoms with Crippen LogP contribution in [0.4, 0.5) is 5.69 Å². The fourth-order valence-electron chi connectivity index (χ4n) is 3.95. The first-order valence-electron chi connectivity index (χ1n) is 11.2. The lowest BCUT2D eigenvalue weighted by Gasteiger charge is -2.37. The van der Waals surface area contributed by atoms with Gasteiger partial charge in [0.1, 0.15) is 0 Å². The number of carbonyl (C=O) groups excluding carboxylic acids is 2. The Morgan fingerprint density at radius 1 is 1.03 bits per heavy atom. The predicted octanol–water partition coefficient (Wildman–Crippen LogP) is 3.47. The van der Waals surface area contributed by atoms with Crippen molar-refractivity contribution < 1.29 is 14.3 Å². The Kier molecular flexibility index (Phi) is 7.19. The van der Waals surface area contributed by atoms with E-state index in [1.54, 1.807) is 19.2 Å². The molecule has 1 aromatic heterocycles. The van der Waals surface area contributed by atoms with Crippen molar-refractivity contribution in [1.29, 1.82) is 0 Å². The third-order valence-corrected chi connectivity index (χ3v) is 5.61. The van der Waals surface area contributed by atoms with E-state index in [1.165, 1.54) is 6.08 Å². The van der Waals surface area contributed by atoms with E-state index in [4.69, 9.17) is 4.74 Å². The van der Waals surface area contributed by atoms with E-state index < -0.39 is 0 Å². The third-order valence-electron chi connectivity index (χ3n) is 5.61. The van der Waals surface area contributed by atoms with E-state index in [0.717, 1.165) is 16.8 Å². The smallest absolute Gasteiger partial charge is 0.330 e. The predicted molar refractivity (Wildman–Crippen MR) is 128 cm³/mol. The normalized spacial score (nSPS) is 14.0. The van der Waals surface area contributed by atoms with Crippen LogP contribution in [0, 0.1) is 0 Å². The summed E-state index contributed by atoms with van der Waals surface area (Å²) in [5.74, 6) is -0.299. The van der Waals surface area contributed by atoms with Crippen molar-refractivity contribution in [3.63, 3.8) is 0 Å². The quantitative estimate of drug-likeness (QED) is 0.412. The molecule has 3 aromatic rings. The van der Waals surface area contributed by atoms with Gasteiger partial charge in [0, 0.05) is 55.9 Å². The van der Waals surface area contributed by atoms with E-state index in [2.05, 4.69) is 16.1 Å². The summed E-state index contributed by atoms with van der Waals surface area (Å²) in [5.41, 5.74) is 3.80. The summed E-state index contributed by atoms with van der Waals surface area (Å²) in [5, 5.41) is 4.30. The first-order valence-corrected chi connectivity index (χ1v) is 11.2. The molecular formula is C26H28N4O3. The molecule has 0 unspecified atom stereocenters. The van der Waals surface area contributed by atoms with Crippen LogP contribution in [0.5, 0.6) is 0 Å². The summed E-state index contributed by atoms with van der Waals surface area (Å²) >= 11 is 0. The van der Waals surface area contributed by atoms with Gasteiger partial charge in [-0.1, -0.05) is 30.3 Å². The first-order chi connectivity index (χ1) is 16.1. The van der Waals surface area contributed by atoms with Crippen molar-refractivity contribution in [2.75, 3.05) is 37.7 Å². The molecule has 0 spiro atoms. The van der Waals surface area contributed by atoms with Gasteiger partial charge in [-0.25, -0.2) is 4.79 Å². The Morgan fingerprint density at radius 3 is 2.52 bits per heavy atom. The van der Waals surface area contributed by atoms with E-state index in [1.807, 2.05) is 64.3 Å². The molecule has 0 bridgehead atoms. The Balaban J connectivity index is 1.52. The van der Waals surface area contributed by atoms with Gasteiger partial charge >= 0.3 is 5.97 Å². The fraction of sp³-hybridized carbons (Fsp3) is 0.269. The molecule has 33 heavy (non-hydrogen) atoms. The van der Waals surface area contributed by atoms with Gasteiger partial charge in [-0.2, -0.15) is 5.10 Å². The maximum Gasteiger partial charge on any atom is 0.330 e. The standard InChI is InChI=1S/C26H28N4O3/c1-2-33-25(31)12-11-22-10-9-21(20-30-14-6-13-27-30)19-24(22)28-15-17-29(18-16-28)26(32)23-7-4-3-5-8-23/h3-14,19H,2,15-18,20H2,1H3. The molecule has 1 amide bonds. The highest BCUT2D eigenvalue weighted by atomic mass is 16.5. The number of carbonyl (C=O) groups is 2. The van der Waals surface area contributed by atoms with Crippen LogP contribution in [-0.4, -0.2) is 59.3 Å². The lowest BCUT2D eigenvalue weighted by Crippen LogP contribution is -2.49. The van der Waals surface area contributed by atoms with E-state index in [-0.39, 0.29) is 11.9 Å². The zero-order chi connectivity index (χ0) is 23.0. The van der Waals surface area contributed by atoms with Crippen LogP contribution in [0.25, 0.3) is 6.08 Å². The van der Waals surface area contributed by atoms with Gasteiger partial charge in [0.05, 0.1) is 13.2 Å². The molecule has 0 radical (unpaired) electrons. The average molecular weight is 445 g/mol.